The van der Waals surface area contributed by atoms with Crippen LogP contribution < -0.4 is 49.0 Å². The van der Waals surface area contributed by atoms with Gasteiger partial charge in [0, 0.05) is 31.2 Å². The summed E-state index contributed by atoms with van der Waals surface area (Å²) in [6.07, 6.45) is 1.05. The van der Waals surface area contributed by atoms with Gasteiger partial charge in [-0.1, -0.05) is 17.7 Å². The second-order valence-corrected chi connectivity index (χ2v) is 6.13. The third kappa shape index (κ3) is 5.13. The Hall–Kier alpha value is -1.80. The fourth-order valence-corrected chi connectivity index (χ4v) is 2.81. The molecule has 0 radical (unpaired) electrons. The Morgan fingerprint density at radius 2 is 2.22 bits per heavy atom. The van der Waals surface area contributed by atoms with Gasteiger partial charge in [0.2, 0.25) is 0 Å². The first-order valence-electron chi connectivity index (χ1n) is 8.00. The summed E-state index contributed by atoms with van der Waals surface area (Å²) in [6, 6.07) is 8.64. The first-order chi connectivity index (χ1) is 12.5. The predicted octanol–water partition coefficient (Wildman–Crippen LogP) is -1.26. The van der Waals surface area contributed by atoms with Crippen molar-refractivity contribution in [2.24, 2.45) is 0 Å². The number of nitrogens with zero attached hydrogens (tertiary/aromatic N) is 2. The predicted molar refractivity (Wildman–Crippen MR) is 92.2 cm³/mol. The number of fused-ring (bicyclic) bond motifs is 1. The Kier molecular flexibility index (Phi) is 7.49. The van der Waals surface area contributed by atoms with E-state index >= 15 is 0 Å². The molecule has 1 aliphatic rings. The number of pyridine rings is 1. The van der Waals surface area contributed by atoms with Crippen molar-refractivity contribution in [3.8, 4) is 11.5 Å². The molecule has 0 saturated carbocycles. The van der Waals surface area contributed by atoms with E-state index in [9.17, 15) is 14.7 Å². The average molecular weight is 399 g/mol. The van der Waals surface area contributed by atoms with Crippen LogP contribution in [0.5, 0.6) is 11.5 Å². The number of hydrogen-bond acceptors (Lipinski definition) is 6. The van der Waals surface area contributed by atoms with Crippen LogP contribution in [0.3, 0.4) is 0 Å². The van der Waals surface area contributed by atoms with Gasteiger partial charge in [-0.15, -0.1) is 0 Å². The van der Waals surface area contributed by atoms with Crippen molar-refractivity contribution < 1.29 is 53.7 Å². The number of amides is 1. The van der Waals surface area contributed by atoms with Crippen LogP contribution in [0.1, 0.15) is 25.1 Å². The Balaban J connectivity index is 0.00000261. The number of ether oxygens (including phenoxy) is 2. The molecule has 1 amide bonds. The van der Waals surface area contributed by atoms with Crippen molar-refractivity contribution in [2.45, 2.75) is 19.4 Å². The fraction of sp³-hybridized carbons (Fsp3) is 0.278. The van der Waals surface area contributed by atoms with Gasteiger partial charge in [0.05, 0.1) is 16.4 Å². The molecule has 1 aliphatic heterocycles. The third-order valence-electron chi connectivity index (χ3n) is 3.90. The maximum atomic E-state index is 12.0. The van der Waals surface area contributed by atoms with Crippen LogP contribution in [0.4, 0.5) is 5.69 Å². The zero-order valence-corrected chi connectivity index (χ0v) is 17.7. The van der Waals surface area contributed by atoms with Crippen molar-refractivity contribution in [3.63, 3.8) is 0 Å². The normalized spacial score (nSPS) is 13.9. The van der Waals surface area contributed by atoms with E-state index in [1.807, 2.05) is 25.1 Å². The second kappa shape index (κ2) is 9.41. The monoisotopic (exact) mass is 398 g/mol. The Morgan fingerprint density at radius 1 is 1.44 bits per heavy atom. The minimum atomic E-state index is -1.24. The molecule has 1 unspecified atom stereocenters. The first kappa shape index (κ1) is 21.5. The van der Waals surface area contributed by atoms with E-state index in [0.717, 1.165) is 5.69 Å². The number of aliphatic carboxylic acids is 1. The molecule has 1 atom stereocenters. The summed E-state index contributed by atoms with van der Waals surface area (Å²) in [6.45, 7) is 1.64. The summed E-state index contributed by atoms with van der Waals surface area (Å²) in [5.74, 6) is -0.792. The zero-order chi connectivity index (χ0) is 18.7. The van der Waals surface area contributed by atoms with Gasteiger partial charge in [0.25, 0.3) is 5.91 Å². The topological polar surface area (TPSA) is 91.8 Å². The van der Waals surface area contributed by atoms with Crippen LogP contribution in [-0.4, -0.2) is 30.0 Å². The van der Waals surface area contributed by atoms with E-state index in [1.54, 1.807) is 12.3 Å². The SMILES string of the molecule is CC(Oc1cc2c(cc1Cl)N(CCC(=O)[O-])C(=O)CO2)c1ccccn1.[Na+]. The Labute approximate surface area is 183 Å². The molecule has 136 valence electrons. The third-order valence-corrected chi connectivity index (χ3v) is 4.20. The molecular formula is C18H16ClN2NaO5. The van der Waals surface area contributed by atoms with Gasteiger partial charge in [-0.05, 0) is 25.1 Å². The Bertz CT molecular complexity index is 834. The summed E-state index contributed by atoms with van der Waals surface area (Å²) in [5, 5.41) is 11.0. The molecule has 3 rings (SSSR count). The van der Waals surface area contributed by atoms with Gasteiger partial charge >= 0.3 is 29.6 Å². The van der Waals surface area contributed by atoms with Crippen LogP contribution in [0.25, 0.3) is 0 Å². The van der Waals surface area contributed by atoms with Gasteiger partial charge < -0.3 is 24.3 Å². The number of hydrogen-bond donors (Lipinski definition) is 0. The average Bonchev–Trinajstić information content (AvgIpc) is 2.62. The van der Waals surface area contributed by atoms with Crippen molar-refractivity contribution in [1.29, 1.82) is 0 Å². The van der Waals surface area contributed by atoms with E-state index in [1.165, 1.54) is 11.0 Å². The molecule has 0 saturated heterocycles. The van der Waals surface area contributed by atoms with E-state index < -0.39 is 5.97 Å². The van der Waals surface area contributed by atoms with Gasteiger partial charge in [-0.25, -0.2) is 0 Å². The number of halogens is 1. The summed E-state index contributed by atoms with van der Waals surface area (Å²) in [5.41, 5.74) is 1.15. The number of aromatic nitrogens is 1. The number of rotatable bonds is 6. The molecule has 0 aliphatic carbocycles. The molecule has 1 aromatic heterocycles. The van der Waals surface area contributed by atoms with Crippen molar-refractivity contribution in [2.75, 3.05) is 18.1 Å². The number of carbonyl (C=O) groups excluding carboxylic acids is 2. The maximum Gasteiger partial charge on any atom is 1.00 e. The molecule has 0 bridgehead atoms. The molecule has 0 fully saturated rings. The largest absolute Gasteiger partial charge is 1.00 e. The van der Waals surface area contributed by atoms with Crippen molar-refractivity contribution >= 4 is 29.2 Å². The van der Waals surface area contributed by atoms with Crippen LogP contribution in [-0.2, 0) is 9.59 Å². The second-order valence-electron chi connectivity index (χ2n) is 5.72. The summed E-state index contributed by atoms with van der Waals surface area (Å²) in [7, 11) is 0. The summed E-state index contributed by atoms with van der Waals surface area (Å²) in [4.78, 5) is 28.3. The van der Waals surface area contributed by atoms with E-state index in [4.69, 9.17) is 21.1 Å². The standard InChI is InChI=1S/C18H17ClN2O5.Na/c1-11(13-4-2-3-6-20-13)26-15-9-16-14(8-12(15)19)21(7-5-18(23)24)17(22)10-25-16;/h2-4,6,8-9,11H,5,7,10H2,1H3,(H,23,24);/q;+1/p-1. The molecule has 9 heteroatoms. The van der Waals surface area contributed by atoms with Crippen LogP contribution in [0, 0.1) is 0 Å². The Morgan fingerprint density at radius 3 is 2.89 bits per heavy atom. The molecule has 2 heterocycles. The number of carbonyl (C=O) groups is 2. The van der Waals surface area contributed by atoms with Crippen molar-refractivity contribution in [1.82, 2.24) is 4.98 Å². The first-order valence-corrected chi connectivity index (χ1v) is 8.37. The van der Waals surface area contributed by atoms with Crippen LogP contribution in [0.15, 0.2) is 36.5 Å². The minimum absolute atomic E-state index is 0. The number of benzene rings is 1. The van der Waals surface area contributed by atoms with Crippen molar-refractivity contribution in [3.05, 3.63) is 47.2 Å². The molecule has 0 spiro atoms. The van der Waals surface area contributed by atoms with E-state index in [2.05, 4.69) is 4.98 Å². The molecule has 27 heavy (non-hydrogen) atoms. The number of carboxylic acid groups (broad SMARTS) is 1. The van der Waals surface area contributed by atoms with Gasteiger partial charge in [0.1, 0.15) is 17.6 Å². The maximum absolute atomic E-state index is 12.0. The van der Waals surface area contributed by atoms with Gasteiger partial charge in [-0.2, -0.15) is 0 Å². The van der Waals surface area contributed by atoms with Crippen LogP contribution in [0.2, 0.25) is 5.02 Å². The molecular weight excluding hydrogens is 383 g/mol. The van der Waals surface area contributed by atoms with Gasteiger partial charge in [0.15, 0.2) is 6.61 Å². The minimum Gasteiger partial charge on any atom is -0.550 e. The van der Waals surface area contributed by atoms with Gasteiger partial charge in [-0.3, -0.25) is 9.78 Å². The molecule has 0 N–H and O–H groups in total. The molecule has 2 aromatic rings. The smallest absolute Gasteiger partial charge is 0.550 e. The fourth-order valence-electron chi connectivity index (χ4n) is 2.61. The summed E-state index contributed by atoms with van der Waals surface area (Å²) >= 11 is 6.30. The van der Waals surface area contributed by atoms with E-state index in [0.29, 0.717) is 17.2 Å². The number of carboxylic acids is 1. The molecule has 7 nitrogen and oxygen atoms in total. The van der Waals surface area contributed by atoms with Crippen LogP contribution >= 0.6 is 11.6 Å². The number of anilines is 1. The summed E-state index contributed by atoms with van der Waals surface area (Å²) < 4.78 is 11.3. The molecule has 1 aromatic carbocycles. The van der Waals surface area contributed by atoms with E-state index in [-0.39, 0.29) is 66.2 Å². The zero-order valence-electron chi connectivity index (χ0n) is 15.0. The quantitative estimate of drug-likeness (QED) is 0.564.